The number of carboxylic acids is 1. The molecule has 0 saturated carbocycles. The lowest BCUT2D eigenvalue weighted by Crippen LogP contribution is -2.52. The van der Waals surface area contributed by atoms with Gasteiger partial charge in [0, 0.05) is 29.8 Å². The highest BCUT2D eigenvalue weighted by Gasteiger charge is 2.27. The van der Waals surface area contributed by atoms with Crippen LogP contribution in [0.5, 0.6) is 0 Å². The summed E-state index contributed by atoms with van der Waals surface area (Å²) in [5.41, 5.74) is 0.969. The molecule has 0 aliphatic rings. The van der Waals surface area contributed by atoms with Gasteiger partial charge in [-0.1, -0.05) is 41.4 Å². The van der Waals surface area contributed by atoms with Crippen LogP contribution in [0.25, 0.3) is 0 Å². The van der Waals surface area contributed by atoms with E-state index in [1.807, 2.05) is 0 Å². The van der Waals surface area contributed by atoms with Gasteiger partial charge >= 0.3 is 5.97 Å². The summed E-state index contributed by atoms with van der Waals surface area (Å²) >= 11 is 11.9. The molecule has 0 unspecified atom stereocenters. The quantitative estimate of drug-likeness (QED) is 0.587. The van der Waals surface area contributed by atoms with Crippen LogP contribution in [0.3, 0.4) is 0 Å². The van der Waals surface area contributed by atoms with E-state index < -0.39 is 35.7 Å². The first-order chi connectivity index (χ1) is 13.7. The molecular formula is C20H19Cl2FN2O4. The third kappa shape index (κ3) is 7.03. The van der Waals surface area contributed by atoms with E-state index in [-0.39, 0.29) is 17.9 Å². The standard InChI is InChI=1S/C20H19Cl2FN2O4/c1-11(26)24-17(8-12-3-2-4-15(23)7-12)19(27)25-18(20(28)29)9-13-5-6-14(21)10-16(13)22/h2-7,10,17-18H,8-9H2,1H3,(H,24,26)(H,25,27)(H,28,29)/t17-,18+/m0/s1. The number of hydrogen-bond acceptors (Lipinski definition) is 3. The Balaban J connectivity index is 2.17. The van der Waals surface area contributed by atoms with Crippen molar-refractivity contribution in [2.45, 2.75) is 31.8 Å². The Morgan fingerprint density at radius 3 is 2.34 bits per heavy atom. The van der Waals surface area contributed by atoms with E-state index in [4.69, 9.17) is 23.2 Å². The Morgan fingerprint density at radius 2 is 1.76 bits per heavy atom. The SMILES string of the molecule is CC(=O)N[C@@H](Cc1cccc(F)c1)C(=O)N[C@H](Cc1ccc(Cl)cc1Cl)C(=O)O. The normalized spacial score (nSPS) is 12.7. The number of benzene rings is 2. The molecule has 29 heavy (non-hydrogen) atoms. The molecule has 2 rings (SSSR count). The van der Waals surface area contributed by atoms with Gasteiger partial charge < -0.3 is 15.7 Å². The Kier molecular flexibility index (Phi) is 7.99. The summed E-state index contributed by atoms with van der Waals surface area (Å²) in [6.45, 7) is 1.23. The lowest BCUT2D eigenvalue weighted by molar-refractivity contribution is -0.142. The largest absolute Gasteiger partial charge is 0.480 e. The maximum atomic E-state index is 13.4. The minimum absolute atomic E-state index is 0.00276. The number of carbonyl (C=O) groups excluding carboxylic acids is 2. The van der Waals surface area contributed by atoms with E-state index in [1.165, 1.54) is 31.2 Å². The summed E-state index contributed by atoms with van der Waals surface area (Å²) in [4.78, 5) is 35.8. The van der Waals surface area contributed by atoms with Gasteiger partial charge in [-0.05, 0) is 35.4 Å². The van der Waals surface area contributed by atoms with E-state index in [0.717, 1.165) is 0 Å². The zero-order valence-electron chi connectivity index (χ0n) is 15.4. The van der Waals surface area contributed by atoms with Gasteiger partial charge in [-0.15, -0.1) is 0 Å². The molecule has 0 radical (unpaired) electrons. The second-order valence-electron chi connectivity index (χ2n) is 6.43. The number of hydrogen-bond donors (Lipinski definition) is 3. The molecule has 2 aromatic carbocycles. The Labute approximate surface area is 177 Å². The lowest BCUT2D eigenvalue weighted by Gasteiger charge is -2.21. The number of nitrogens with one attached hydrogen (secondary N) is 2. The second kappa shape index (κ2) is 10.2. The molecule has 9 heteroatoms. The van der Waals surface area contributed by atoms with E-state index in [1.54, 1.807) is 18.2 Å². The summed E-state index contributed by atoms with van der Waals surface area (Å²) < 4.78 is 13.4. The average molecular weight is 441 g/mol. The first kappa shape index (κ1) is 22.6. The van der Waals surface area contributed by atoms with Gasteiger partial charge in [0.05, 0.1) is 0 Å². The zero-order valence-corrected chi connectivity index (χ0v) is 16.9. The van der Waals surface area contributed by atoms with Crippen LogP contribution < -0.4 is 10.6 Å². The van der Waals surface area contributed by atoms with Crippen molar-refractivity contribution >= 4 is 41.0 Å². The highest BCUT2D eigenvalue weighted by molar-refractivity contribution is 6.35. The summed E-state index contributed by atoms with van der Waals surface area (Å²) in [5.74, 6) is -2.93. The molecule has 2 aromatic rings. The minimum atomic E-state index is -1.29. The van der Waals surface area contributed by atoms with Crippen LogP contribution in [0.2, 0.25) is 10.0 Å². The van der Waals surface area contributed by atoms with Crippen LogP contribution in [-0.4, -0.2) is 35.0 Å². The van der Waals surface area contributed by atoms with Crippen molar-refractivity contribution in [2.24, 2.45) is 0 Å². The van der Waals surface area contributed by atoms with E-state index >= 15 is 0 Å². The molecule has 154 valence electrons. The number of carboxylic acid groups (broad SMARTS) is 1. The van der Waals surface area contributed by atoms with Crippen molar-refractivity contribution in [3.05, 3.63) is 69.5 Å². The van der Waals surface area contributed by atoms with Gasteiger partial charge in [-0.3, -0.25) is 9.59 Å². The van der Waals surface area contributed by atoms with Crippen molar-refractivity contribution in [1.29, 1.82) is 0 Å². The van der Waals surface area contributed by atoms with E-state index in [0.29, 0.717) is 16.1 Å². The van der Waals surface area contributed by atoms with Crippen molar-refractivity contribution < 1.29 is 23.9 Å². The molecule has 0 aliphatic heterocycles. The molecule has 3 N–H and O–H groups in total. The fraction of sp³-hybridized carbons (Fsp3) is 0.250. The first-order valence-electron chi connectivity index (χ1n) is 8.64. The molecule has 0 aromatic heterocycles. The minimum Gasteiger partial charge on any atom is -0.480 e. The predicted molar refractivity (Wildman–Crippen MR) is 107 cm³/mol. The van der Waals surface area contributed by atoms with E-state index in [9.17, 15) is 23.9 Å². The number of halogens is 3. The van der Waals surface area contributed by atoms with E-state index in [2.05, 4.69) is 10.6 Å². The average Bonchev–Trinajstić information content (AvgIpc) is 2.62. The Hall–Kier alpha value is -2.64. The first-order valence-corrected chi connectivity index (χ1v) is 9.40. The molecule has 0 saturated heterocycles. The summed E-state index contributed by atoms with van der Waals surface area (Å²) in [5, 5.41) is 15.0. The number of rotatable bonds is 8. The van der Waals surface area contributed by atoms with Crippen LogP contribution >= 0.6 is 23.2 Å². The second-order valence-corrected chi connectivity index (χ2v) is 7.27. The fourth-order valence-corrected chi connectivity index (χ4v) is 3.22. The molecule has 2 atom stereocenters. The van der Waals surface area contributed by atoms with Crippen molar-refractivity contribution in [3.8, 4) is 0 Å². The zero-order chi connectivity index (χ0) is 21.6. The van der Waals surface area contributed by atoms with Gasteiger partial charge in [-0.2, -0.15) is 0 Å². The number of aliphatic carboxylic acids is 1. The monoisotopic (exact) mass is 440 g/mol. The van der Waals surface area contributed by atoms with Crippen LogP contribution in [0.1, 0.15) is 18.1 Å². The van der Waals surface area contributed by atoms with Crippen molar-refractivity contribution in [1.82, 2.24) is 10.6 Å². The van der Waals surface area contributed by atoms with Crippen molar-refractivity contribution in [2.75, 3.05) is 0 Å². The van der Waals surface area contributed by atoms with Gasteiger partial charge in [0.25, 0.3) is 0 Å². The van der Waals surface area contributed by atoms with Crippen molar-refractivity contribution in [3.63, 3.8) is 0 Å². The van der Waals surface area contributed by atoms with Gasteiger partial charge in [-0.25, -0.2) is 9.18 Å². The van der Waals surface area contributed by atoms with Crippen LogP contribution in [-0.2, 0) is 27.2 Å². The fourth-order valence-electron chi connectivity index (χ4n) is 2.73. The maximum Gasteiger partial charge on any atom is 0.326 e. The van der Waals surface area contributed by atoms with Crippen LogP contribution in [0, 0.1) is 5.82 Å². The third-order valence-corrected chi connectivity index (χ3v) is 4.66. The molecule has 0 heterocycles. The lowest BCUT2D eigenvalue weighted by atomic mass is 10.0. The molecule has 0 spiro atoms. The molecule has 0 aliphatic carbocycles. The van der Waals surface area contributed by atoms with Gasteiger partial charge in [0.15, 0.2) is 0 Å². The van der Waals surface area contributed by atoms with Gasteiger partial charge in [0.1, 0.15) is 17.9 Å². The highest BCUT2D eigenvalue weighted by Crippen LogP contribution is 2.22. The molecule has 6 nitrogen and oxygen atoms in total. The topological polar surface area (TPSA) is 95.5 Å². The summed E-state index contributed by atoms with van der Waals surface area (Å²) in [6.07, 6.45) is -0.0823. The van der Waals surface area contributed by atoms with Gasteiger partial charge in [0.2, 0.25) is 11.8 Å². The number of amides is 2. The predicted octanol–water partition coefficient (Wildman–Crippen LogP) is 2.99. The summed E-state index contributed by atoms with van der Waals surface area (Å²) in [6, 6.07) is 7.84. The number of carbonyl (C=O) groups is 3. The molecule has 0 fully saturated rings. The summed E-state index contributed by atoms with van der Waals surface area (Å²) in [7, 11) is 0. The van der Waals surface area contributed by atoms with Crippen LogP contribution in [0.15, 0.2) is 42.5 Å². The molecule has 0 bridgehead atoms. The Bertz CT molecular complexity index is 923. The Morgan fingerprint density at radius 1 is 1.03 bits per heavy atom. The third-order valence-electron chi connectivity index (χ3n) is 4.08. The molecular weight excluding hydrogens is 422 g/mol. The van der Waals surface area contributed by atoms with Crippen LogP contribution in [0.4, 0.5) is 4.39 Å². The maximum absolute atomic E-state index is 13.4. The highest BCUT2D eigenvalue weighted by atomic mass is 35.5. The molecule has 2 amide bonds. The smallest absolute Gasteiger partial charge is 0.326 e.